The standard InChI is InChI=1S/C24H24BrN3O3S/c1-3-32-11-10-18-19-20(22(30)28(21(19)29)15-7-4-13(2)5-8-15)24(27-18)16-12-14(25)6-9-17(16)26-23(24)31/h4-9,12,18-20,27H,3,10-11H2,1-2H3,(H,26,31). The maximum absolute atomic E-state index is 13.8. The van der Waals surface area contributed by atoms with Gasteiger partial charge < -0.3 is 5.32 Å². The molecule has 3 aliphatic rings. The maximum Gasteiger partial charge on any atom is 0.250 e. The first-order valence-corrected chi connectivity index (χ1v) is 12.7. The van der Waals surface area contributed by atoms with Crippen molar-refractivity contribution in [2.24, 2.45) is 11.8 Å². The monoisotopic (exact) mass is 513 g/mol. The fourth-order valence-electron chi connectivity index (χ4n) is 5.33. The van der Waals surface area contributed by atoms with Crippen LogP contribution in [0.3, 0.4) is 0 Å². The lowest BCUT2D eigenvalue weighted by Crippen LogP contribution is -2.53. The van der Waals surface area contributed by atoms with Gasteiger partial charge in [-0.3, -0.25) is 19.7 Å². The number of nitrogens with zero attached hydrogens (tertiary/aromatic N) is 1. The van der Waals surface area contributed by atoms with Crippen LogP contribution >= 0.6 is 27.7 Å². The Labute approximate surface area is 199 Å². The molecule has 1 spiro atoms. The molecule has 0 saturated carbocycles. The summed E-state index contributed by atoms with van der Waals surface area (Å²) >= 11 is 5.30. The fourth-order valence-corrected chi connectivity index (χ4v) is 6.40. The Morgan fingerprint density at radius 2 is 1.84 bits per heavy atom. The SMILES string of the molecule is CCSCCC1NC2(C(=O)Nc3ccc(Br)cc32)C2C(=O)N(c3ccc(C)cc3)C(=O)C12. The average molecular weight is 514 g/mol. The zero-order chi connectivity index (χ0) is 22.6. The highest BCUT2D eigenvalue weighted by Gasteiger charge is 2.70. The molecule has 4 unspecified atom stereocenters. The molecule has 0 bridgehead atoms. The second-order valence-corrected chi connectivity index (χ2v) is 10.8. The maximum atomic E-state index is 13.8. The van der Waals surface area contributed by atoms with Crippen LogP contribution in [0, 0.1) is 18.8 Å². The van der Waals surface area contributed by atoms with Crippen molar-refractivity contribution in [3.8, 4) is 0 Å². The molecule has 3 amide bonds. The Bertz CT molecular complexity index is 1120. The van der Waals surface area contributed by atoms with Gasteiger partial charge >= 0.3 is 0 Å². The Hall–Kier alpha value is -2.16. The number of carbonyl (C=O) groups is 3. The van der Waals surface area contributed by atoms with E-state index in [4.69, 9.17) is 0 Å². The molecular weight excluding hydrogens is 490 g/mol. The number of rotatable bonds is 5. The third-order valence-electron chi connectivity index (χ3n) is 6.75. The van der Waals surface area contributed by atoms with Gasteiger partial charge in [0, 0.05) is 21.8 Å². The Kier molecular flexibility index (Phi) is 5.42. The minimum Gasteiger partial charge on any atom is -0.324 e. The molecule has 0 aliphatic carbocycles. The van der Waals surface area contributed by atoms with E-state index in [0.717, 1.165) is 27.1 Å². The molecular formula is C24H24BrN3O3S. The van der Waals surface area contributed by atoms with Crippen LogP contribution in [-0.4, -0.2) is 35.3 Å². The van der Waals surface area contributed by atoms with Gasteiger partial charge in [0.25, 0.3) is 0 Å². The van der Waals surface area contributed by atoms with Crippen molar-refractivity contribution in [2.75, 3.05) is 21.7 Å². The predicted octanol–water partition coefficient (Wildman–Crippen LogP) is 3.83. The molecule has 6 nitrogen and oxygen atoms in total. The molecule has 8 heteroatoms. The van der Waals surface area contributed by atoms with E-state index in [1.807, 2.05) is 37.3 Å². The molecule has 2 aromatic carbocycles. The van der Waals surface area contributed by atoms with Crippen molar-refractivity contribution in [3.05, 3.63) is 58.1 Å². The van der Waals surface area contributed by atoms with Crippen LogP contribution in [0.2, 0.25) is 0 Å². The molecule has 3 heterocycles. The van der Waals surface area contributed by atoms with Crippen LogP contribution in [0.25, 0.3) is 0 Å². The number of benzene rings is 2. The van der Waals surface area contributed by atoms with E-state index in [2.05, 4.69) is 33.5 Å². The lowest BCUT2D eigenvalue weighted by molar-refractivity contribution is -0.130. The van der Waals surface area contributed by atoms with E-state index in [1.165, 1.54) is 4.90 Å². The minimum atomic E-state index is -1.25. The third kappa shape index (κ3) is 3.07. The van der Waals surface area contributed by atoms with Crippen LogP contribution in [-0.2, 0) is 19.9 Å². The Balaban J connectivity index is 1.63. The number of hydrogen-bond acceptors (Lipinski definition) is 5. The van der Waals surface area contributed by atoms with Crippen molar-refractivity contribution in [3.63, 3.8) is 0 Å². The zero-order valence-corrected chi connectivity index (χ0v) is 20.3. The first kappa shape index (κ1) is 21.7. The summed E-state index contributed by atoms with van der Waals surface area (Å²) in [4.78, 5) is 42.2. The van der Waals surface area contributed by atoms with E-state index < -0.39 is 17.4 Å². The second-order valence-electron chi connectivity index (χ2n) is 8.54. The molecule has 2 N–H and O–H groups in total. The number of carbonyl (C=O) groups excluding carboxylic acids is 3. The molecule has 3 aliphatic heterocycles. The first-order valence-electron chi connectivity index (χ1n) is 10.8. The van der Waals surface area contributed by atoms with Gasteiger partial charge in [-0.05, 0) is 55.2 Å². The first-order chi connectivity index (χ1) is 15.4. The van der Waals surface area contributed by atoms with Gasteiger partial charge in [-0.1, -0.05) is 40.5 Å². The summed E-state index contributed by atoms with van der Waals surface area (Å²) in [5, 5.41) is 6.43. The smallest absolute Gasteiger partial charge is 0.250 e. The van der Waals surface area contributed by atoms with Crippen LogP contribution in [0.1, 0.15) is 24.5 Å². The molecule has 2 fully saturated rings. The Morgan fingerprint density at radius 3 is 2.56 bits per heavy atom. The van der Waals surface area contributed by atoms with Gasteiger partial charge in [-0.15, -0.1) is 0 Å². The van der Waals surface area contributed by atoms with Gasteiger partial charge in [0.2, 0.25) is 17.7 Å². The number of thioether (sulfide) groups is 1. The highest BCUT2D eigenvalue weighted by Crippen LogP contribution is 2.54. The zero-order valence-electron chi connectivity index (χ0n) is 17.9. The van der Waals surface area contributed by atoms with E-state index in [-0.39, 0.29) is 23.8 Å². The largest absolute Gasteiger partial charge is 0.324 e. The van der Waals surface area contributed by atoms with Gasteiger partial charge in [0.15, 0.2) is 0 Å². The molecule has 5 rings (SSSR count). The average Bonchev–Trinajstić information content (AvgIpc) is 3.34. The van der Waals surface area contributed by atoms with Crippen molar-refractivity contribution in [2.45, 2.75) is 31.8 Å². The molecule has 2 aromatic rings. The number of nitrogens with one attached hydrogen (secondary N) is 2. The highest BCUT2D eigenvalue weighted by atomic mass is 79.9. The molecule has 32 heavy (non-hydrogen) atoms. The van der Waals surface area contributed by atoms with E-state index in [0.29, 0.717) is 17.8 Å². The third-order valence-corrected chi connectivity index (χ3v) is 8.17. The van der Waals surface area contributed by atoms with Crippen molar-refractivity contribution in [1.82, 2.24) is 5.32 Å². The molecule has 166 valence electrons. The Morgan fingerprint density at radius 1 is 1.09 bits per heavy atom. The number of halogens is 1. The summed E-state index contributed by atoms with van der Waals surface area (Å²) in [7, 11) is 0. The summed E-state index contributed by atoms with van der Waals surface area (Å²) in [6.07, 6.45) is 0.707. The van der Waals surface area contributed by atoms with E-state index >= 15 is 0 Å². The van der Waals surface area contributed by atoms with E-state index in [9.17, 15) is 14.4 Å². The quantitative estimate of drug-likeness (QED) is 0.469. The lowest BCUT2D eigenvalue weighted by Gasteiger charge is -2.29. The second kappa shape index (κ2) is 8.01. The number of aryl methyl sites for hydroxylation is 1. The lowest BCUT2D eigenvalue weighted by atomic mass is 9.76. The van der Waals surface area contributed by atoms with Crippen LogP contribution in [0.5, 0.6) is 0 Å². The van der Waals surface area contributed by atoms with Crippen molar-refractivity contribution < 1.29 is 14.4 Å². The number of fused-ring (bicyclic) bond motifs is 4. The fraction of sp³-hybridized carbons (Fsp3) is 0.375. The summed E-state index contributed by atoms with van der Waals surface area (Å²) in [6.45, 7) is 4.06. The van der Waals surface area contributed by atoms with Crippen molar-refractivity contribution >= 4 is 56.8 Å². The summed E-state index contributed by atoms with van der Waals surface area (Å²) in [5.74, 6) is -0.351. The number of hydrogen-bond donors (Lipinski definition) is 2. The van der Waals surface area contributed by atoms with E-state index in [1.54, 1.807) is 23.9 Å². The predicted molar refractivity (Wildman–Crippen MR) is 130 cm³/mol. The summed E-state index contributed by atoms with van der Waals surface area (Å²) in [6, 6.07) is 12.7. The summed E-state index contributed by atoms with van der Waals surface area (Å²) < 4.78 is 0.822. The number of anilines is 2. The van der Waals surface area contributed by atoms with Crippen molar-refractivity contribution in [1.29, 1.82) is 0 Å². The highest BCUT2D eigenvalue weighted by molar-refractivity contribution is 9.10. The molecule has 0 aromatic heterocycles. The number of imide groups is 1. The van der Waals surface area contributed by atoms with Gasteiger partial charge in [-0.2, -0.15) is 11.8 Å². The topological polar surface area (TPSA) is 78.5 Å². The van der Waals surface area contributed by atoms with Crippen LogP contribution < -0.4 is 15.5 Å². The number of amides is 3. The van der Waals surface area contributed by atoms with Gasteiger partial charge in [0.05, 0.1) is 17.5 Å². The normalized spacial score (nSPS) is 28.4. The van der Waals surface area contributed by atoms with Gasteiger partial charge in [-0.25, -0.2) is 4.90 Å². The molecule has 0 radical (unpaired) electrons. The molecule has 4 atom stereocenters. The summed E-state index contributed by atoms with van der Waals surface area (Å²) in [5.41, 5.74) is 1.77. The minimum absolute atomic E-state index is 0.226. The molecule has 2 saturated heterocycles. The van der Waals surface area contributed by atoms with Crippen LogP contribution in [0.15, 0.2) is 46.9 Å². The van der Waals surface area contributed by atoms with Crippen LogP contribution in [0.4, 0.5) is 11.4 Å². The van der Waals surface area contributed by atoms with Gasteiger partial charge in [0.1, 0.15) is 5.54 Å².